The largest absolute Gasteiger partial charge is 0.378 e. The number of nitrogens with one attached hydrogen (secondary N) is 1. The van der Waals surface area contributed by atoms with Crippen LogP contribution in [0, 0.1) is 0 Å². The summed E-state index contributed by atoms with van der Waals surface area (Å²) in [5, 5.41) is 3.74. The van der Waals surface area contributed by atoms with Crippen molar-refractivity contribution in [3.05, 3.63) is 131 Å². The molecule has 3 unspecified atom stereocenters. The van der Waals surface area contributed by atoms with Gasteiger partial charge in [0.15, 0.2) is 0 Å². The van der Waals surface area contributed by atoms with Crippen LogP contribution in [0.15, 0.2) is 109 Å². The van der Waals surface area contributed by atoms with E-state index in [4.69, 9.17) is 0 Å². The molecule has 0 saturated carbocycles. The molecule has 0 saturated heterocycles. The van der Waals surface area contributed by atoms with E-state index < -0.39 is 0 Å². The van der Waals surface area contributed by atoms with Gasteiger partial charge in [0.05, 0.1) is 12.1 Å². The minimum absolute atomic E-state index is 0.00716. The Labute approximate surface area is 194 Å². The van der Waals surface area contributed by atoms with Crippen LogP contribution in [-0.2, 0) is 0 Å². The van der Waals surface area contributed by atoms with Crippen molar-refractivity contribution in [2.24, 2.45) is 0 Å². The lowest BCUT2D eigenvalue weighted by molar-refractivity contribution is 0.0976. The molecule has 3 nitrogen and oxygen atoms in total. The van der Waals surface area contributed by atoms with Gasteiger partial charge in [-0.25, -0.2) is 0 Å². The van der Waals surface area contributed by atoms with Gasteiger partial charge in [-0.2, -0.15) is 0 Å². The predicted octanol–water partition coefficient (Wildman–Crippen LogP) is 7.12. The molecule has 162 valence electrons. The van der Waals surface area contributed by atoms with Crippen LogP contribution in [0.3, 0.4) is 0 Å². The molecule has 1 N–H and O–H groups in total. The monoisotopic (exact) mass is 430 g/mol. The van der Waals surface area contributed by atoms with Gasteiger partial charge in [0, 0.05) is 22.9 Å². The Morgan fingerprint density at radius 1 is 0.727 bits per heavy atom. The average Bonchev–Trinajstić information content (AvgIpc) is 3.22. The second-order valence-corrected chi connectivity index (χ2v) is 8.92. The molecule has 1 aliphatic heterocycles. The Morgan fingerprint density at radius 2 is 1.39 bits per heavy atom. The van der Waals surface area contributed by atoms with Gasteiger partial charge in [0.25, 0.3) is 5.91 Å². The summed E-state index contributed by atoms with van der Waals surface area (Å²) in [7, 11) is 0. The molecular weight excluding hydrogens is 404 g/mol. The lowest BCUT2D eigenvalue weighted by atomic mass is 9.77. The van der Waals surface area contributed by atoms with Crippen molar-refractivity contribution in [2.45, 2.75) is 30.8 Å². The van der Waals surface area contributed by atoms with Gasteiger partial charge in [0.2, 0.25) is 0 Å². The minimum atomic E-state index is 0.00716. The zero-order chi connectivity index (χ0) is 22.2. The zero-order valence-corrected chi connectivity index (χ0v) is 18.4. The van der Waals surface area contributed by atoms with Crippen molar-refractivity contribution in [3.8, 4) is 0 Å². The maximum atomic E-state index is 13.9. The molecule has 1 heterocycles. The average molecular weight is 431 g/mol. The normalized spacial score (nSPS) is 20.8. The van der Waals surface area contributed by atoms with E-state index >= 15 is 0 Å². The van der Waals surface area contributed by atoms with E-state index in [-0.39, 0.29) is 18.0 Å². The quantitative estimate of drug-likeness (QED) is 0.374. The van der Waals surface area contributed by atoms with Crippen molar-refractivity contribution in [2.75, 3.05) is 10.2 Å². The number of nitrogens with zero attached hydrogens (tertiary/aromatic N) is 1. The molecule has 6 rings (SSSR count). The van der Waals surface area contributed by atoms with Crippen molar-refractivity contribution in [3.63, 3.8) is 0 Å². The van der Waals surface area contributed by atoms with Crippen molar-refractivity contribution < 1.29 is 4.79 Å². The first kappa shape index (κ1) is 19.8. The number of amides is 1. The molecule has 1 amide bonds. The molecule has 3 heteroatoms. The van der Waals surface area contributed by atoms with E-state index in [9.17, 15) is 4.79 Å². The van der Waals surface area contributed by atoms with Crippen LogP contribution in [0.1, 0.15) is 57.9 Å². The highest BCUT2D eigenvalue weighted by atomic mass is 16.2. The van der Waals surface area contributed by atoms with Crippen LogP contribution >= 0.6 is 0 Å². The summed E-state index contributed by atoms with van der Waals surface area (Å²) >= 11 is 0. The summed E-state index contributed by atoms with van der Waals surface area (Å²) in [6.45, 7) is 0. The number of carbonyl (C=O) groups excluding carboxylic acids is 1. The third kappa shape index (κ3) is 3.41. The number of anilines is 2. The van der Waals surface area contributed by atoms with Gasteiger partial charge in [-0.1, -0.05) is 78.9 Å². The van der Waals surface area contributed by atoms with Crippen LogP contribution < -0.4 is 10.2 Å². The molecular formula is C30H26N2O. The first-order chi connectivity index (χ1) is 16.3. The van der Waals surface area contributed by atoms with Gasteiger partial charge in [-0.05, 0) is 59.9 Å². The van der Waals surface area contributed by atoms with Gasteiger partial charge in [0.1, 0.15) is 0 Å². The number of rotatable bonds is 4. The van der Waals surface area contributed by atoms with E-state index in [1.807, 2.05) is 42.5 Å². The Bertz CT molecular complexity index is 1270. The van der Waals surface area contributed by atoms with Crippen molar-refractivity contribution in [1.29, 1.82) is 0 Å². The van der Waals surface area contributed by atoms with E-state index in [0.717, 1.165) is 29.8 Å². The summed E-state index contributed by atoms with van der Waals surface area (Å²) in [4.78, 5) is 15.9. The Balaban J connectivity index is 1.47. The second-order valence-electron chi connectivity index (χ2n) is 8.92. The maximum absolute atomic E-state index is 13.9. The van der Waals surface area contributed by atoms with Crippen LogP contribution in [-0.4, -0.2) is 5.91 Å². The lowest BCUT2D eigenvalue weighted by Gasteiger charge is -2.33. The van der Waals surface area contributed by atoms with E-state index in [2.05, 4.69) is 76.9 Å². The smallest absolute Gasteiger partial charge is 0.258 e. The Hall–Kier alpha value is -3.85. The van der Waals surface area contributed by atoms with Crippen LogP contribution in [0.2, 0.25) is 0 Å². The van der Waals surface area contributed by atoms with Crippen molar-refractivity contribution >= 4 is 17.3 Å². The summed E-state index contributed by atoms with van der Waals surface area (Å²) < 4.78 is 0. The Morgan fingerprint density at radius 3 is 2.12 bits per heavy atom. The molecule has 2 aliphatic rings. The highest BCUT2D eigenvalue weighted by Crippen LogP contribution is 2.57. The number of para-hydroxylation sites is 1. The summed E-state index contributed by atoms with van der Waals surface area (Å²) in [6.07, 6.45) is 2.07. The molecule has 0 bridgehead atoms. The second kappa shape index (κ2) is 8.25. The van der Waals surface area contributed by atoms with Gasteiger partial charge < -0.3 is 5.32 Å². The van der Waals surface area contributed by atoms with Crippen molar-refractivity contribution in [1.82, 2.24) is 0 Å². The first-order valence-corrected chi connectivity index (χ1v) is 11.7. The van der Waals surface area contributed by atoms with E-state index in [1.165, 1.54) is 16.7 Å². The Kier molecular flexibility index (Phi) is 4.95. The van der Waals surface area contributed by atoms with E-state index in [1.54, 1.807) is 0 Å². The van der Waals surface area contributed by atoms with E-state index in [0.29, 0.717) is 5.92 Å². The fourth-order valence-electron chi connectivity index (χ4n) is 5.65. The molecule has 4 aromatic rings. The maximum Gasteiger partial charge on any atom is 0.258 e. The van der Waals surface area contributed by atoms with Gasteiger partial charge in [-0.15, -0.1) is 0 Å². The predicted molar refractivity (Wildman–Crippen MR) is 134 cm³/mol. The highest BCUT2D eigenvalue weighted by molar-refractivity contribution is 6.08. The molecule has 0 spiro atoms. The van der Waals surface area contributed by atoms with Crippen LogP contribution in [0.4, 0.5) is 11.4 Å². The standard InChI is InChI=1S/C30H26N2O/c33-30(22-13-6-2-7-14-22)32-27-18-10-17-24-26(31-23-15-8-3-9-16-23)20-19-25(28(24)27)29(32)21-11-4-1-5-12-21/h1-18,25-26,29,31H,19-20H2. The van der Waals surface area contributed by atoms with Gasteiger partial charge in [-0.3, -0.25) is 9.69 Å². The third-order valence-electron chi connectivity index (χ3n) is 7.04. The first-order valence-electron chi connectivity index (χ1n) is 11.7. The molecule has 4 aromatic carbocycles. The molecule has 0 fully saturated rings. The summed E-state index contributed by atoms with van der Waals surface area (Å²) in [5.41, 5.74) is 6.76. The van der Waals surface area contributed by atoms with Gasteiger partial charge >= 0.3 is 0 Å². The molecule has 0 radical (unpaired) electrons. The highest BCUT2D eigenvalue weighted by Gasteiger charge is 2.46. The molecule has 0 aromatic heterocycles. The minimum Gasteiger partial charge on any atom is -0.378 e. The number of benzene rings is 4. The SMILES string of the molecule is O=C(c1ccccc1)N1c2cccc3c2C(CCC3Nc2ccccc2)C1c1ccccc1. The number of carbonyl (C=O) groups is 1. The summed E-state index contributed by atoms with van der Waals surface area (Å²) in [5.74, 6) is 0.361. The third-order valence-corrected chi connectivity index (χ3v) is 7.04. The fourth-order valence-corrected chi connectivity index (χ4v) is 5.65. The number of hydrogen-bond acceptors (Lipinski definition) is 2. The summed E-state index contributed by atoms with van der Waals surface area (Å²) in [6, 6.07) is 37.3. The fraction of sp³-hybridized carbons (Fsp3) is 0.167. The molecule has 1 aliphatic carbocycles. The molecule has 3 atom stereocenters. The lowest BCUT2D eigenvalue weighted by Crippen LogP contribution is -2.33. The molecule has 33 heavy (non-hydrogen) atoms. The van der Waals surface area contributed by atoms with Crippen LogP contribution in [0.5, 0.6) is 0 Å². The number of hydrogen-bond donors (Lipinski definition) is 1. The van der Waals surface area contributed by atoms with Crippen LogP contribution in [0.25, 0.3) is 0 Å². The zero-order valence-electron chi connectivity index (χ0n) is 18.4. The topological polar surface area (TPSA) is 32.3 Å².